The summed E-state index contributed by atoms with van der Waals surface area (Å²) in [6.45, 7) is 0. The molecule has 2 aliphatic carbocycles. The summed E-state index contributed by atoms with van der Waals surface area (Å²) in [5.74, 6) is 0.277. The Balaban J connectivity index is 1.44. The molecule has 0 aromatic heterocycles. The monoisotopic (exact) mass is 278 g/mol. The van der Waals surface area contributed by atoms with Crippen molar-refractivity contribution in [3.8, 4) is 0 Å². The van der Waals surface area contributed by atoms with Gasteiger partial charge in [0.2, 0.25) is 0 Å². The number of carboxylic acid groups (broad SMARTS) is 1. The summed E-state index contributed by atoms with van der Waals surface area (Å²) in [7, 11) is 0. The highest BCUT2D eigenvalue weighted by molar-refractivity contribution is 5.79. The molecule has 2 bridgehead atoms. The Labute approximate surface area is 118 Å². The van der Waals surface area contributed by atoms with Gasteiger partial charge in [-0.15, -0.1) is 0 Å². The smallest absolute Gasteiger partial charge is 0.318 e. The van der Waals surface area contributed by atoms with Crippen molar-refractivity contribution in [3.05, 3.63) is 0 Å². The van der Waals surface area contributed by atoms with E-state index in [0.29, 0.717) is 24.3 Å². The minimum absolute atomic E-state index is 0.00468. The van der Waals surface area contributed by atoms with E-state index in [-0.39, 0.29) is 24.0 Å². The largest absolute Gasteiger partial charge is 0.481 e. The van der Waals surface area contributed by atoms with Gasteiger partial charge in [0.15, 0.2) is 0 Å². The molecule has 0 radical (unpaired) electrons. The number of aliphatic carboxylic acids is 1. The molecule has 0 aromatic rings. The van der Waals surface area contributed by atoms with E-state index in [4.69, 9.17) is 0 Å². The van der Waals surface area contributed by atoms with Gasteiger partial charge in [-0.05, 0) is 56.8 Å². The molecule has 20 heavy (non-hydrogen) atoms. The molecule has 4 aliphatic rings. The lowest BCUT2D eigenvalue weighted by Gasteiger charge is -2.27. The molecule has 2 saturated carbocycles. The number of urea groups is 1. The highest BCUT2D eigenvalue weighted by Crippen LogP contribution is 2.46. The second-order valence-corrected chi connectivity index (χ2v) is 7.04. The summed E-state index contributed by atoms with van der Waals surface area (Å²) in [5.41, 5.74) is 0. The number of nitrogens with zero attached hydrogens (tertiary/aromatic N) is 1. The molecule has 2 amide bonds. The fraction of sp³-hybridized carbons (Fsp3) is 0.867. The fourth-order valence-electron chi connectivity index (χ4n) is 4.32. The van der Waals surface area contributed by atoms with Crippen LogP contribution in [0.25, 0.3) is 0 Å². The number of nitrogens with one attached hydrogen (secondary N) is 1. The van der Waals surface area contributed by atoms with Crippen molar-refractivity contribution < 1.29 is 14.7 Å². The average Bonchev–Trinajstić information content (AvgIpc) is 3.34. The third kappa shape index (κ3) is 1.98. The molecule has 4 fully saturated rings. The highest BCUT2D eigenvalue weighted by Gasteiger charge is 2.52. The maximum absolute atomic E-state index is 12.6. The lowest BCUT2D eigenvalue weighted by Crippen LogP contribution is -2.49. The number of fused-ring (bicyclic) bond motifs is 2. The zero-order valence-corrected chi connectivity index (χ0v) is 11.6. The maximum Gasteiger partial charge on any atom is 0.318 e. The van der Waals surface area contributed by atoms with Crippen LogP contribution in [0.3, 0.4) is 0 Å². The molecule has 5 nitrogen and oxygen atoms in total. The Bertz CT molecular complexity index is 432. The first kappa shape index (κ1) is 12.5. The molecule has 5 heteroatoms. The van der Waals surface area contributed by atoms with Crippen LogP contribution < -0.4 is 5.32 Å². The van der Waals surface area contributed by atoms with Crippen molar-refractivity contribution in [3.63, 3.8) is 0 Å². The van der Waals surface area contributed by atoms with Crippen LogP contribution in [-0.2, 0) is 4.79 Å². The van der Waals surface area contributed by atoms with E-state index in [1.165, 1.54) is 25.7 Å². The summed E-state index contributed by atoms with van der Waals surface area (Å²) in [4.78, 5) is 25.7. The van der Waals surface area contributed by atoms with Crippen molar-refractivity contribution in [2.24, 2.45) is 17.8 Å². The first-order valence-corrected chi connectivity index (χ1v) is 7.97. The Morgan fingerprint density at radius 1 is 1.05 bits per heavy atom. The molecule has 0 spiro atoms. The molecule has 3 unspecified atom stereocenters. The van der Waals surface area contributed by atoms with Crippen LogP contribution in [0.2, 0.25) is 0 Å². The second-order valence-electron chi connectivity index (χ2n) is 7.04. The number of hydrogen-bond donors (Lipinski definition) is 2. The van der Waals surface area contributed by atoms with Crippen LogP contribution in [0.5, 0.6) is 0 Å². The normalized spacial score (nSPS) is 35.6. The zero-order chi connectivity index (χ0) is 13.9. The molecule has 2 N–H and O–H groups in total. The van der Waals surface area contributed by atoms with E-state index in [2.05, 4.69) is 5.32 Å². The fourth-order valence-corrected chi connectivity index (χ4v) is 4.32. The van der Waals surface area contributed by atoms with Crippen molar-refractivity contribution in [1.82, 2.24) is 10.2 Å². The summed E-state index contributed by atoms with van der Waals surface area (Å²) in [6, 6.07) is 0.438. The van der Waals surface area contributed by atoms with Crippen LogP contribution in [0.15, 0.2) is 0 Å². The standard InChI is InChI=1S/C15H22N2O3/c18-14(19)11-7-10-5-6-12(11)17(10)15(20)16-13(8-1-2-8)9-3-4-9/h8-13H,1-7H2,(H,16,20)(H,18,19). The van der Waals surface area contributed by atoms with Crippen LogP contribution in [-0.4, -0.2) is 40.1 Å². The summed E-state index contributed by atoms with van der Waals surface area (Å²) >= 11 is 0. The van der Waals surface area contributed by atoms with Gasteiger partial charge in [-0.1, -0.05) is 0 Å². The Hall–Kier alpha value is -1.26. The Morgan fingerprint density at radius 3 is 2.20 bits per heavy atom. The van der Waals surface area contributed by atoms with Crippen LogP contribution in [0.4, 0.5) is 4.79 Å². The van der Waals surface area contributed by atoms with Gasteiger partial charge in [-0.25, -0.2) is 4.79 Å². The van der Waals surface area contributed by atoms with E-state index < -0.39 is 5.97 Å². The van der Waals surface area contributed by atoms with Crippen LogP contribution in [0.1, 0.15) is 44.9 Å². The molecular formula is C15H22N2O3. The van der Waals surface area contributed by atoms with Crippen molar-refractivity contribution in [1.29, 1.82) is 0 Å². The summed E-state index contributed by atoms with van der Waals surface area (Å²) < 4.78 is 0. The first-order valence-electron chi connectivity index (χ1n) is 7.97. The van der Waals surface area contributed by atoms with Gasteiger partial charge in [0.05, 0.1) is 5.92 Å². The molecule has 3 atom stereocenters. The number of carbonyl (C=O) groups excluding carboxylic acids is 1. The van der Waals surface area contributed by atoms with E-state index in [9.17, 15) is 14.7 Å². The number of carboxylic acids is 1. The van der Waals surface area contributed by atoms with E-state index in [1.54, 1.807) is 0 Å². The second kappa shape index (κ2) is 4.37. The molecule has 110 valence electrons. The SMILES string of the molecule is O=C(O)C1CC2CCC1N2C(=O)NC(C1CC1)C1CC1. The quantitative estimate of drug-likeness (QED) is 0.824. The summed E-state index contributed by atoms with van der Waals surface area (Å²) in [6.07, 6.45) is 7.44. The number of amides is 2. The summed E-state index contributed by atoms with van der Waals surface area (Å²) in [5, 5.41) is 12.5. The van der Waals surface area contributed by atoms with Gasteiger partial charge in [-0.2, -0.15) is 0 Å². The van der Waals surface area contributed by atoms with Crippen molar-refractivity contribution >= 4 is 12.0 Å². The topological polar surface area (TPSA) is 69.6 Å². The minimum atomic E-state index is -0.740. The van der Waals surface area contributed by atoms with Gasteiger partial charge >= 0.3 is 12.0 Å². The van der Waals surface area contributed by atoms with Crippen molar-refractivity contribution in [2.45, 2.75) is 63.1 Å². The number of rotatable bonds is 4. The molecule has 4 rings (SSSR count). The zero-order valence-electron chi connectivity index (χ0n) is 11.6. The first-order chi connectivity index (χ1) is 9.65. The van der Waals surface area contributed by atoms with Gasteiger partial charge in [0, 0.05) is 18.1 Å². The number of hydrogen-bond acceptors (Lipinski definition) is 2. The van der Waals surface area contributed by atoms with E-state index in [0.717, 1.165) is 12.8 Å². The third-order valence-corrected chi connectivity index (χ3v) is 5.64. The van der Waals surface area contributed by atoms with Gasteiger partial charge in [0.1, 0.15) is 0 Å². The lowest BCUT2D eigenvalue weighted by molar-refractivity contribution is -0.142. The predicted octanol–water partition coefficient (Wildman–Crippen LogP) is 1.82. The molecule has 2 aliphatic heterocycles. The van der Waals surface area contributed by atoms with Crippen LogP contribution >= 0.6 is 0 Å². The molecular weight excluding hydrogens is 256 g/mol. The third-order valence-electron chi connectivity index (χ3n) is 5.64. The van der Waals surface area contributed by atoms with Crippen LogP contribution in [0, 0.1) is 17.8 Å². The van der Waals surface area contributed by atoms with E-state index in [1.807, 2.05) is 4.90 Å². The van der Waals surface area contributed by atoms with E-state index >= 15 is 0 Å². The van der Waals surface area contributed by atoms with Gasteiger partial charge in [0.25, 0.3) is 0 Å². The van der Waals surface area contributed by atoms with Gasteiger partial charge in [-0.3, -0.25) is 4.79 Å². The lowest BCUT2D eigenvalue weighted by atomic mass is 9.89. The molecule has 2 heterocycles. The highest BCUT2D eigenvalue weighted by atomic mass is 16.4. The maximum atomic E-state index is 12.6. The molecule has 0 aromatic carbocycles. The van der Waals surface area contributed by atoms with Gasteiger partial charge < -0.3 is 15.3 Å². The van der Waals surface area contributed by atoms with Crippen molar-refractivity contribution in [2.75, 3.05) is 0 Å². The predicted molar refractivity (Wildman–Crippen MR) is 72.2 cm³/mol. The number of carbonyl (C=O) groups is 2. The Kier molecular flexibility index (Phi) is 2.72. The molecule has 2 saturated heterocycles. The Morgan fingerprint density at radius 2 is 1.70 bits per heavy atom. The minimum Gasteiger partial charge on any atom is -0.481 e. The average molecular weight is 278 g/mol.